The van der Waals surface area contributed by atoms with E-state index in [1.165, 1.54) is 229 Å². The van der Waals surface area contributed by atoms with Gasteiger partial charge in [0.15, 0.2) is 0 Å². The van der Waals surface area contributed by atoms with E-state index in [1.807, 2.05) is 36.7 Å². The van der Waals surface area contributed by atoms with Gasteiger partial charge in [-0.25, -0.2) is 0 Å². The number of nitrogens with zero attached hydrogens (tertiary/aromatic N) is 9. The van der Waals surface area contributed by atoms with Crippen LogP contribution in [0.5, 0.6) is 0 Å². The fraction of sp³-hybridized carbons (Fsp3) is 0.197. The van der Waals surface area contributed by atoms with Gasteiger partial charge in [-0.1, -0.05) is 241 Å². The van der Waals surface area contributed by atoms with Gasteiger partial charge in [-0.3, -0.25) is 19.9 Å². The zero-order valence-electron chi connectivity index (χ0n) is 92.0. The van der Waals surface area contributed by atoms with Gasteiger partial charge in [0, 0.05) is 87.9 Å². The minimum atomic E-state index is 0. The van der Waals surface area contributed by atoms with Gasteiger partial charge < -0.3 is 81.9 Å². The molecule has 0 radical (unpaired) electrons. The molecule has 1 fully saturated rings. The van der Waals surface area contributed by atoms with E-state index in [2.05, 4.69) is 433 Å². The number of fused-ring (bicyclic) bond motifs is 24. The fourth-order valence-corrected chi connectivity index (χ4v) is 21.7. The number of anilines is 1. The number of hydrogen-bond acceptors (Lipinski definition) is 5. The molecule has 13 heteroatoms. The molecule has 1 saturated heterocycles. The van der Waals surface area contributed by atoms with Crippen LogP contribution in [0.1, 0.15) is 176 Å². The van der Waals surface area contributed by atoms with E-state index >= 15 is 0 Å². The van der Waals surface area contributed by atoms with Crippen molar-refractivity contribution in [3.8, 4) is 78.4 Å². The maximum absolute atomic E-state index is 5.08. The Kier molecular flexibility index (Phi) is 40.5. The largest absolute Gasteiger partial charge is 3.00 e. The van der Waals surface area contributed by atoms with Crippen molar-refractivity contribution in [1.82, 2.24) is 37.5 Å². The van der Waals surface area contributed by atoms with Gasteiger partial charge in [0.25, 0.3) is 0 Å². The second-order valence-electron chi connectivity index (χ2n) is 39.7. The summed E-state index contributed by atoms with van der Waals surface area (Å²) in [5, 5.41) is 14.1. The molecule has 0 amide bonds. The predicted octanol–water partition coefficient (Wildman–Crippen LogP) is 37.6. The number of pyridine rings is 4. The summed E-state index contributed by atoms with van der Waals surface area (Å²) < 4.78 is 9.42. The number of imidazole rings is 4. The van der Waals surface area contributed by atoms with Crippen molar-refractivity contribution in [1.29, 1.82) is 0 Å². The maximum atomic E-state index is 5.08. The smallest absolute Gasteiger partial charge is 0.372 e. The monoisotopic (exact) mass is 2680 g/mol. The normalized spacial score (nSPS) is 11.5. The Morgan fingerprint density at radius 2 is 0.547 bits per heavy atom. The second-order valence-corrected chi connectivity index (χ2v) is 39.7. The number of hydrogen-bond donors (Lipinski definition) is 0. The molecule has 24 rings (SSSR count). The molecular formula is C137H141Ir4N9. The number of aromatic nitrogens is 8. The van der Waals surface area contributed by atoms with Crippen LogP contribution < -0.4 is 4.90 Å². The molecule has 0 N–H and O–H groups in total. The molecule has 9 nitrogen and oxygen atoms in total. The van der Waals surface area contributed by atoms with Gasteiger partial charge in [0.05, 0.1) is 45.4 Å². The summed E-state index contributed by atoms with van der Waals surface area (Å²) in [6.45, 7) is 42.6. The average Bonchev–Trinajstić information content (AvgIpc) is 1.53. The van der Waals surface area contributed by atoms with Crippen molar-refractivity contribution < 1.29 is 80.4 Å². The predicted molar refractivity (Wildman–Crippen MR) is 635 cm³/mol. The van der Waals surface area contributed by atoms with E-state index in [1.54, 1.807) is 0 Å². The van der Waals surface area contributed by atoms with E-state index in [4.69, 9.17) is 19.9 Å². The average molecular weight is 2680 g/mol. The third-order valence-corrected chi connectivity index (χ3v) is 29.3. The molecule has 0 atom stereocenters. The van der Waals surface area contributed by atoms with Crippen LogP contribution in [0.3, 0.4) is 0 Å². The molecule has 770 valence electrons. The molecule has 150 heavy (non-hydrogen) atoms. The van der Waals surface area contributed by atoms with Crippen LogP contribution >= 0.6 is 0 Å². The van der Waals surface area contributed by atoms with Crippen LogP contribution in [0.2, 0.25) is 0 Å². The molecule has 0 bridgehead atoms. The van der Waals surface area contributed by atoms with Gasteiger partial charge in [0.2, 0.25) is 0 Å². The third kappa shape index (κ3) is 21.9. The zero-order valence-corrected chi connectivity index (χ0v) is 102. The Hall–Kier alpha value is -12.5. The Morgan fingerprint density at radius 3 is 0.893 bits per heavy atom. The Bertz CT molecular complexity index is 8620. The van der Waals surface area contributed by atoms with E-state index < -0.39 is 0 Å². The molecule has 0 aliphatic carbocycles. The van der Waals surface area contributed by atoms with Crippen LogP contribution in [0.15, 0.2) is 298 Å². The molecule has 0 saturated carbocycles. The number of aryl methyl sites for hydroxylation is 10. The first-order valence-corrected chi connectivity index (χ1v) is 49.3. The molecule has 9 heterocycles. The van der Waals surface area contributed by atoms with Crippen molar-refractivity contribution in [3.63, 3.8) is 0 Å². The molecule has 23 aromatic rings. The summed E-state index contributed by atoms with van der Waals surface area (Å²) in [6, 6.07) is 113. The summed E-state index contributed by atoms with van der Waals surface area (Å²) in [6.07, 6.45) is 12.1. The molecule has 1 aliphatic rings. The van der Waals surface area contributed by atoms with Gasteiger partial charge in [-0.05, 0) is 281 Å². The fourth-order valence-electron chi connectivity index (χ4n) is 21.7. The van der Waals surface area contributed by atoms with Crippen LogP contribution in [-0.4, -0.2) is 50.6 Å². The number of benzene rings is 15. The molecular weight excluding hydrogens is 2540 g/mol. The van der Waals surface area contributed by atoms with Crippen molar-refractivity contribution in [2.45, 2.75) is 168 Å². The molecule has 1 aliphatic heterocycles. The topological polar surface area (TPSA) is 72.4 Å². The summed E-state index contributed by atoms with van der Waals surface area (Å²) in [4.78, 5) is 22.4. The van der Waals surface area contributed by atoms with Crippen molar-refractivity contribution in [3.05, 3.63) is 459 Å². The van der Waals surface area contributed by atoms with Crippen molar-refractivity contribution >= 4 is 115 Å². The molecule has 0 unspecified atom stereocenters. The summed E-state index contributed by atoms with van der Waals surface area (Å²) in [7, 11) is 0. The van der Waals surface area contributed by atoms with Crippen LogP contribution in [0, 0.1) is 153 Å². The second kappa shape index (κ2) is 50.2. The van der Waals surface area contributed by atoms with E-state index in [0.717, 1.165) is 74.3 Å². The van der Waals surface area contributed by atoms with Crippen LogP contribution in [-0.2, 0) is 80.4 Å². The minimum Gasteiger partial charge on any atom is -0.372 e. The van der Waals surface area contributed by atoms with Gasteiger partial charge in [-0.15, -0.1) is 119 Å². The van der Waals surface area contributed by atoms with E-state index in [9.17, 15) is 0 Å². The Balaban J connectivity index is 0.000000217. The van der Waals surface area contributed by atoms with Crippen LogP contribution in [0.4, 0.5) is 5.69 Å². The maximum Gasteiger partial charge on any atom is 3.00 e. The van der Waals surface area contributed by atoms with Gasteiger partial charge in [0.1, 0.15) is 0 Å². The summed E-state index contributed by atoms with van der Waals surface area (Å²) in [5.74, 6) is 1.72. The van der Waals surface area contributed by atoms with Crippen molar-refractivity contribution in [2.75, 3.05) is 18.0 Å². The van der Waals surface area contributed by atoms with Crippen LogP contribution in [0.25, 0.3) is 188 Å². The first-order valence-electron chi connectivity index (χ1n) is 49.3. The SMILES string of the molecule is Cc1cc2c3ccc[c-]c3c3ncc(-c4c(-c5ccccc5)cc(C(C)C)cc4-c4ccccc4)n3c2cc1C.Cc1cc2c3ccc[c-]c3c3ncc(-c4c(C(C)C)cc(C(C)C)cc4C(C)C)n3c2cc1C.Cc1cc2c3ccc[c-]c3c3ncc(-c4c(C)cc(-c5ccccc5)cc4C)n3c2cc1C.Cc1cccc(C)c1-c1cnc2c3[c-]cccc3c3cc(N4CCCCC4)ccc3n12.[CH3-].[CH3-].[CH3-].[CH3-].[CH3-].[CH3-].[CH3-].[CH3-].[Ir+3].[Ir+3].[Ir+3].[Ir+3]. The molecule has 15 aromatic carbocycles. The number of rotatable bonds is 12. The van der Waals surface area contributed by atoms with Gasteiger partial charge in [-0.2, -0.15) is 0 Å². The summed E-state index contributed by atoms with van der Waals surface area (Å²) >= 11 is 0. The molecule has 0 spiro atoms. The molecule has 8 aromatic heterocycles. The van der Waals surface area contributed by atoms with Gasteiger partial charge >= 0.3 is 80.4 Å². The standard InChI is InChI=1S/C38H31N2.C32H35N2.C31H25N2.C28H26N3.8CH3.4Ir/c1-24(2)29-21-32(27-13-7-5-8-14-27)37(33(22-29)28-15-9-6-10-16-28)36-23-39-38-31-18-12-11-17-30(31)34-19-25(3)26(4)20-35(34)40(36)38;1-18(2)23-15-26(19(3)4)31(27(16-23)20(5)6)30-17-33-32-25-12-10-9-11-24(25)28-13-21(7)22(8)14-29(28)34(30)32;1-19-16-27-25-12-8-9-13-26(25)31-32-18-29(33(31)28(27)17-20(19)2)30-21(3)14-24(15-22(30)4)23-10-6-5-7-11-23;1-19-9-8-10-20(2)27(19)26-18-29-28-23-12-5-4-11-22(23)24-17-21(13-14-25(24)31(26)28)30-15-6-3-7-16-30;;;;;;;;;;;;/h5-17,19-24H,1-4H3;9-11,13-20H,1-8H3;5-12,14-18H,1-4H3;4-5,8-11,13-14,17-18H,3,6-7,15-16H2,1-2H3;8*1H3;;;;/q12*-1;4*+3. The summed E-state index contributed by atoms with van der Waals surface area (Å²) in [5.41, 5.74) is 45.3. The third-order valence-electron chi connectivity index (χ3n) is 29.3. The van der Waals surface area contributed by atoms with E-state index in [0.29, 0.717) is 23.7 Å². The Labute approximate surface area is 947 Å². The Morgan fingerprint density at radius 1 is 0.240 bits per heavy atom. The number of piperidine rings is 1. The minimum absolute atomic E-state index is 0. The zero-order chi connectivity index (χ0) is 95.3. The van der Waals surface area contributed by atoms with E-state index in [-0.39, 0.29) is 140 Å². The first-order chi connectivity index (χ1) is 66.9. The van der Waals surface area contributed by atoms with Crippen molar-refractivity contribution in [2.24, 2.45) is 0 Å². The quantitative estimate of drug-likeness (QED) is 0.0900. The first kappa shape index (κ1) is 121.